The standard InChI is InChI=1S/C19H21N3O4S/c1-4-26-18(23)13-5-7-15(8-6-13)21-19(27)22-20-12-14-11-16(24-2)9-10-17(14)25-3/h5-12H,4H2,1-3H3,(H2,21,22,27)/b20-12+. The fourth-order valence-corrected chi connectivity index (χ4v) is 2.33. The van der Waals surface area contributed by atoms with Crippen molar-refractivity contribution in [2.24, 2.45) is 5.10 Å². The Morgan fingerprint density at radius 1 is 1.15 bits per heavy atom. The Morgan fingerprint density at radius 3 is 2.52 bits per heavy atom. The lowest BCUT2D eigenvalue weighted by Gasteiger charge is -2.09. The molecule has 7 nitrogen and oxygen atoms in total. The Balaban J connectivity index is 1.94. The number of carbonyl (C=O) groups is 1. The van der Waals surface area contributed by atoms with Crippen molar-refractivity contribution in [3.8, 4) is 11.5 Å². The summed E-state index contributed by atoms with van der Waals surface area (Å²) in [5.74, 6) is 0.996. The maximum atomic E-state index is 11.6. The maximum Gasteiger partial charge on any atom is 0.338 e. The number of anilines is 1. The van der Waals surface area contributed by atoms with Crippen LogP contribution in [-0.2, 0) is 4.74 Å². The minimum Gasteiger partial charge on any atom is -0.497 e. The van der Waals surface area contributed by atoms with E-state index in [9.17, 15) is 4.79 Å². The van der Waals surface area contributed by atoms with Gasteiger partial charge in [0.05, 0.1) is 32.6 Å². The molecule has 8 heteroatoms. The van der Waals surface area contributed by atoms with Crippen LogP contribution in [0, 0.1) is 0 Å². The van der Waals surface area contributed by atoms with Gasteiger partial charge in [0.1, 0.15) is 11.5 Å². The van der Waals surface area contributed by atoms with Gasteiger partial charge in [0.25, 0.3) is 0 Å². The van der Waals surface area contributed by atoms with E-state index in [1.165, 1.54) is 0 Å². The minimum absolute atomic E-state index is 0.303. The van der Waals surface area contributed by atoms with Crippen LogP contribution in [0.25, 0.3) is 0 Å². The van der Waals surface area contributed by atoms with Crippen LogP contribution in [0.1, 0.15) is 22.8 Å². The summed E-state index contributed by atoms with van der Waals surface area (Å²) in [6.07, 6.45) is 1.58. The third-order valence-electron chi connectivity index (χ3n) is 3.46. The molecule has 0 radical (unpaired) electrons. The molecule has 2 aromatic carbocycles. The van der Waals surface area contributed by atoms with Gasteiger partial charge in [-0.3, -0.25) is 5.43 Å². The highest BCUT2D eigenvalue weighted by molar-refractivity contribution is 7.80. The molecule has 0 aliphatic rings. The van der Waals surface area contributed by atoms with Gasteiger partial charge in [-0.1, -0.05) is 0 Å². The molecule has 0 saturated carbocycles. The monoisotopic (exact) mass is 387 g/mol. The van der Waals surface area contributed by atoms with Crippen molar-refractivity contribution in [2.45, 2.75) is 6.92 Å². The molecule has 0 saturated heterocycles. The second-order valence-corrected chi connectivity index (χ2v) is 5.64. The molecule has 0 bridgehead atoms. The van der Waals surface area contributed by atoms with Crippen molar-refractivity contribution in [3.63, 3.8) is 0 Å². The van der Waals surface area contributed by atoms with Crippen LogP contribution in [0.4, 0.5) is 5.69 Å². The lowest BCUT2D eigenvalue weighted by atomic mass is 10.2. The van der Waals surface area contributed by atoms with Gasteiger partial charge in [0.15, 0.2) is 5.11 Å². The van der Waals surface area contributed by atoms with Crippen LogP contribution in [0.2, 0.25) is 0 Å². The van der Waals surface area contributed by atoms with Crippen LogP contribution in [0.3, 0.4) is 0 Å². The summed E-state index contributed by atoms with van der Waals surface area (Å²) in [5, 5.41) is 7.38. The Hall–Kier alpha value is -3.13. The summed E-state index contributed by atoms with van der Waals surface area (Å²) in [7, 11) is 3.17. The second-order valence-electron chi connectivity index (χ2n) is 5.23. The van der Waals surface area contributed by atoms with E-state index in [0.717, 1.165) is 11.3 Å². The molecular weight excluding hydrogens is 366 g/mol. The zero-order chi connectivity index (χ0) is 19.6. The number of benzene rings is 2. The Labute approximate surface area is 163 Å². The molecule has 0 spiro atoms. The van der Waals surface area contributed by atoms with E-state index in [1.54, 1.807) is 69.8 Å². The highest BCUT2D eigenvalue weighted by Gasteiger charge is 2.06. The molecule has 0 unspecified atom stereocenters. The summed E-state index contributed by atoms with van der Waals surface area (Å²) in [6.45, 7) is 2.10. The zero-order valence-electron chi connectivity index (χ0n) is 15.3. The number of esters is 1. The van der Waals surface area contributed by atoms with Crippen molar-refractivity contribution < 1.29 is 19.0 Å². The molecule has 0 atom stereocenters. The third-order valence-corrected chi connectivity index (χ3v) is 3.65. The molecular formula is C19H21N3O4S. The first-order valence-corrected chi connectivity index (χ1v) is 8.57. The van der Waals surface area contributed by atoms with E-state index in [-0.39, 0.29) is 5.97 Å². The van der Waals surface area contributed by atoms with Gasteiger partial charge in [0, 0.05) is 11.3 Å². The van der Waals surface area contributed by atoms with Gasteiger partial charge in [-0.05, 0) is 61.6 Å². The van der Waals surface area contributed by atoms with Gasteiger partial charge < -0.3 is 19.5 Å². The highest BCUT2D eigenvalue weighted by atomic mass is 32.1. The van der Waals surface area contributed by atoms with Gasteiger partial charge in [-0.25, -0.2) is 4.79 Å². The predicted molar refractivity (Wildman–Crippen MR) is 109 cm³/mol. The van der Waals surface area contributed by atoms with Gasteiger partial charge in [-0.2, -0.15) is 5.10 Å². The van der Waals surface area contributed by atoms with E-state index >= 15 is 0 Å². The molecule has 0 aliphatic carbocycles. The number of thiocarbonyl (C=S) groups is 1. The summed E-state index contributed by atoms with van der Waals surface area (Å²) in [6, 6.07) is 12.2. The summed E-state index contributed by atoms with van der Waals surface area (Å²) in [5.41, 5.74) is 4.66. The zero-order valence-corrected chi connectivity index (χ0v) is 16.1. The molecule has 2 N–H and O–H groups in total. The van der Waals surface area contributed by atoms with Crippen molar-refractivity contribution in [1.82, 2.24) is 5.43 Å². The largest absolute Gasteiger partial charge is 0.497 e. The smallest absolute Gasteiger partial charge is 0.338 e. The van der Waals surface area contributed by atoms with Crippen LogP contribution in [0.15, 0.2) is 47.6 Å². The van der Waals surface area contributed by atoms with Gasteiger partial charge in [-0.15, -0.1) is 0 Å². The number of ether oxygens (including phenoxy) is 3. The number of nitrogens with zero attached hydrogens (tertiary/aromatic N) is 1. The minimum atomic E-state index is -0.360. The molecule has 0 aromatic heterocycles. The quantitative estimate of drug-likeness (QED) is 0.327. The van der Waals surface area contributed by atoms with Crippen molar-refractivity contribution in [1.29, 1.82) is 0 Å². The fourth-order valence-electron chi connectivity index (χ4n) is 2.16. The first kappa shape index (κ1) is 20.2. The maximum absolute atomic E-state index is 11.6. The number of hydrogen-bond donors (Lipinski definition) is 2. The van der Waals surface area contributed by atoms with E-state index in [2.05, 4.69) is 15.8 Å². The van der Waals surface area contributed by atoms with Crippen LogP contribution in [-0.4, -0.2) is 38.1 Å². The number of hydrazone groups is 1. The first-order valence-electron chi connectivity index (χ1n) is 8.16. The number of hydrogen-bond acceptors (Lipinski definition) is 6. The lowest BCUT2D eigenvalue weighted by Crippen LogP contribution is -2.23. The summed E-state index contributed by atoms with van der Waals surface area (Å²) >= 11 is 5.20. The molecule has 0 fully saturated rings. The van der Waals surface area contributed by atoms with Crippen LogP contribution >= 0.6 is 12.2 Å². The number of methoxy groups -OCH3 is 2. The molecule has 142 valence electrons. The molecule has 27 heavy (non-hydrogen) atoms. The van der Waals surface area contributed by atoms with E-state index in [1.807, 2.05) is 0 Å². The Morgan fingerprint density at radius 2 is 1.89 bits per heavy atom. The second kappa shape index (κ2) is 10.1. The molecule has 2 aromatic rings. The number of carbonyl (C=O) groups excluding carboxylic acids is 1. The number of nitrogens with one attached hydrogen (secondary N) is 2. The molecule has 0 heterocycles. The van der Waals surface area contributed by atoms with E-state index in [4.69, 9.17) is 26.4 Å². The summed E-state index contributed by atoms with van der Waals surface area (Å²) < 4.78 is 15.4. The van der Waals surface area contributed by atoms with Crippen LogP contribution in [0.5, 0.6) is 11.5 Å². The topological polar surface area (TPSA) is 81.2 Å². The highest BCUT2D eigenvalue weighted by Crippen LogP contribution is 2.22. The fraction of sp³-hybridized carbons (Fsp3) is 0.211. The van der Waals surface area contributed by atoms with Crippen molar-refractivity contribution >= 4 is 35.2 Å². The normalized spacial score (nSPS) is 10.3. The van der Waals surface area contributed by atoms with E-state index < -0.39 is 0 Å². The first-order chi connectivity index (χ1) is 13.1. The molecule has 0 aliphatic heterocycles. The Bertz CT molecular complexity index is 822. The van der Waals surface area contributed by atoms with Crippen molar-refractivity contribution in [3.05, 3.63) is 53.6 Å². The predicted octanol–water partition coefficient (Wildman–Crippen LogP) is 3.20. The third kappa shape index (κ3) is 5.96. The Kier molecular flexibility index (Phi) is 7.57. The van der Waals surface area contributed by atoms with Crippen molar-refractivity contribution in [2.75, 3.05) is 26.1 Å². The van der Waals surface area contributed by atoms with E-state index in [0.29, 0.717) is 28.8 Å². The molecule has 2 rings (SSSR count). The SMILES string of the molecule is CCOC(=O)c1ccc(NC(=S)N/N=C/c2cc(OC)ccc2OC)cc1. The average Bonchev–Trinajstić information content (AvgIpc) is 2.68. The van der Waals surface area contributed by atoms with Gasteiger partial charge >= 0.3 is 5.97 Å². The average molecular weight is 387 g/mol. The summed E-state index contributed by atoms with van der Waals surface area (Å²) in [4.78, 5) is 11.6. The number of rotatable bonds is 7. The van der Waals surface area contributed by atoms with Gasteiger partial charge in [0.2, 0.25) is 0 Å². The van der Waals surface area contributed by atoms with Crippen LogP contribution < -0.4 is 20.2 Å². The molecule has 0 amide bonds. The lowest BCUT2D eigenvalue weighted by molar-refractivity contribution is 0.0526.